The molecule has 0 fully saturated rings. The summed E-state index contributed by atoms with van der Waals surface area (Å²) in [6, 6.07) is 4.59. The van der Waals surface area contributed by atoms with Crippen molar-refractivity contribution >= 4 is 11.9 Å². The lowest BCUT2D eigenvalue weighted by Crippen LogP contribution is -2.51. The highest BCUT2D eigenvalue weighted by Crippen LogP contribution is 2.34. The third kappa shape index (κ3) is 3.41. The van der Waals surface area contributed by atoms with Gasteiger partial charge in [0.1, 0.15) is 13.2 Å². The van der Waals surface area contributed by atoms with Crippen LogP contribution in [0, 0.1) is 11.3 Å². The normalized spacial score (nSPS) is 15.2. The van der Waals surface area contributed by atoms with Crippen molar-refractivity contribution in [1.82, 2.24) is 5.32 Å². The molecule has 23 heavy (non-hydrogen) atoms. The van der Waals surface area contributed by atoms with Gasteiger partial charge in [-0.25, -0.2) is 0 Å². The van der Waals surface area contributed by atoms with E-state index in [1.54, 1.807) is 32.0 Å². The Balaban J connectivity index is 2.28. The summed E-state index contributed by atoms with van der Waals surface area (Å²) >= 11 is 0. The van der Waals surface area contributed by atoms with E-state index in [2.05, 4.69) is 5.32 Å². The van der Waals surface area contributed by atoms with Crippen LogP contribution in [0.5, 0.6) is 11.5 Å². The molecule has 0 spiro atoms. The van der Waals surface area contributed by atoms with Crippen molar-refractivity contribution in [3.05, 3.63) is 23.8 Å². The van der Waals surface area contributed by atoms with E-state index in [4.69, 9.17) is 9.47 Å². The number of rotatable bonds is 5. The molecule has 1 aromatic rings. The van der Waals surface area contributed by atoms with E-state index in [9.17, 15) is 14.7 Å². The zero-order valence-electron chi connectivity index (χ0n) is 13.9. The second-order valence-corrected chi connectivity index (χ2v) is 6.55. The molecule has 1 amide bonds. The van der Waals surface area contributed by atoms with Crippen LogP contribution in [0.1, 0.15) is 38.1 Å². The van der Waals surface area contributed by atoms with Crippen LogP contribution in [0.4, 0.5) is 0 Å². The first-order valence-corrected chi connectivity index (χ1v) is 7.68. The van der Waals surface area contributed by atoms with Crippen molar-refractivity contribution in [2.24, 2.45) is 11.3 Å². The molecule has 126 valence electrons. The molecule has 6 heteroatoms. The number of hydrogen-bond acceptors (Lipinski definition) is 4. The molecule has 1 aromatic carbocycles. The highest BCUT2D eigenvalue weighted by atomic mass is 16.6. The van der Waals surface area contributed by atoms with Crippen molar-refractivity contribution in [2.45, 2.75) is 33.7 Å². The van der Waals surface area contributed by atoms with Crippen molar-refractivity contribution in [3.8, 4) is 11.5 Å². The fraction of sp³-hybridized carbons (Fsp3) is 0.529. The first kappa shape index (κ1) is 17.1. The number of carbonyl (C=O) groups excluding carboxylic acids is 1. The van der Waals surface area contributed by atoms with Gasteiger partial charge in [-0.15, -0.1) is 0 Å². The fourth-order valence-corrected chi connectivity index (χ4v) is 2.78. The molecule has 2 N–H and O–H groups in total. The number of ether oxygens (including phenoxy) is 2. The molecular formula is C17H23NO5. The molecule has 1 atom stereocenters. The van der Waals surface area contributed by atoms with Crippen LogP contribution in [-0.4, -0.2) is 36.2 Å². The minimum atomic E-state index is -1.09. The summed E-state index contributed by atoms with van der Waals surface area (Å²) in [7, 11) is 0. The number of carboxylic acid groups (broad SMARTS) is 1. The maximum atomic E-state index is 12.7. The summed E-state index contributed by atoms with van der Waals surface area (Å²) < 4.78 is 11.0. The lowest BCUT2D eigenvalue weighted by atomic mass is 9.78. The van der Waals surface area contributed by atoms with E-state index in [1.807, 2.05) is 13.8 Å². The van der Waals surface area contributed by atoms with E-state index in [0.717, 1.165) is 0 Å². The summed E-state index contributed by atoms with van der Waals surface area (Å²) in [5.41, 5.74) is -0.732. The summed E-state index contributed by atoms with van der Waals surface area (Å²) in [6.07, 6.45) is 0. The van der Waals surface area contributed by atoms with E-state index >= 15 is 0 Å². The van der Waals surface area contributed by atoms with Gasteiger partial charge in [-0.2, -0.15) is 0 Å². The van der Waals surface area contributed by atoms with Gasteiger partial charge in [-0.1, -0.05) is 19.9 Å². The molecule has 0 radical (unpaired) electrons. The summed E-state index contributed by atoms with van der Waals surface area (Å²) in [6.45, 7) is 7.82. The van der Waals surface area contributed by atoms with E-state index in [-0.39, 0.29) is 11.8 Å². The third-order valence-electron chi connectivity index (χ3n) is 4.09. The lowest BCUT2D eigenvalue weighted by molar-refractivity contribution is -0.149. The Morgan fingerprint density at radius 2 is 1.87 bits per heavy atom. The lowest BCUT2D eigenvalue weighted by Gasteiger charge is -2.34. The number of amides is 1. The Bertz CT molecular complexity index is 609. The quantitative estimate of drug-likeness (QED) is 0.869. The van der Waals surface area contributed by atoms with Crippen LogP contribution in [0.3, 0.4) is 0 Å². The molecule has 2 rings (SSSR count). The van der Waals surface area contributed by atoms with Gasteiger partial charge in [-0.3, -0.25) is 9.59 Å². The van der Waals surface area contributed by atoms with Gasteiger partial charge in [0.05, 0.1) is 11.0 Å². The Morgan fingerprint density at radius 1 is 1.22 bits per heavy atom. The Hall–Kier alpha value is -2.24. The first-order chi connectivity index (χ1) is 10.7. The maximum absolute atomic E-state index is 12.7. The fourth-order valence-electron chi connectivity index (χ4n) is 2.78. The van der Waals surface area contributed by atoms with Crippen LogP contribution in [0.15, 0.2) is 18.2 Å². The zero-order chi connectivity index (χ0) is 17.2. The van der Waals surface area contributed by atoms with E-state index < -0.39 is 17.4 Å². The largest absolute Gasteiger partial charge is 0.486 e. The molecule has 0 saturated heterocycles. The van der Waals surface area contributed by atoms with Crippen LogP contribution < -0.4 is 14.8 Å². The summed E-state index contributed by atoms with van der Waals surface area (Å²) in [4.78, 5) is 24.2. The maximum Gasteiger partial charge on any atom is 0.311 e. The molecule has 6 nitrogen and oxygen atoms in total. The van der Waals surface area contributed by atoms with Crippen LogP contribution in [0.25, 0.3) is 0 Å². The van der Waals surface area contributed by atoms with Crippen molar-refractivity contribution in [3.63, 3.8) is 0 Å². The molecule has 0 aliphatic carbocycles. The Kier molecular flexibility index (Phi) is 4.82. The minimum absolute atomic E-state index is 0.0400. The average Bonchev–Trinajstić information content (AvgIpc) is 2.51. The summed E-state index contributed by atoms with van der Waals surface area (Å²) in [5.74, 6) is -0.414. The number of nitrogens with one attached hydrogen (secondary N) is 1. The molecule has 1 aliphatic heterocycles. The number of para-hydroxylation sites is 1. The highest BCUT2D eigenvalue weighted by molar-refractivity contribution is 5.98. The van der Waals surface area contributed by atoms with Gasteiger partial charge in [0.15, 0.2) is 11.5 Å². The van der Waals surface area contributed by atoms with Gasteiger partial charge in [0, 0.05) is 6.04 Å². The van der Waals surface area contributed by atoms with Crippen molar-refractivity contribution in [1.29, 1.82) is 0 Å². The van der Waals surface area contributed by atoms with Gasteiger partial charge < -0.3 is 19.9 Å². The van der Waals surface area contributed by atoms with E-state index in [0.29, 0.717) is 30.3 Å². The molecular weight excluding hydrogens is 298 g/mol. The molecule has 0 saturated carbocycles. The Morgan fingerprint density at radius 3 is 2.48 bits per heavy atom. The smallest absolute Gasteiger partial charge is 0.311 e. The third-order valence-corrected chi connectivity index (χ3v) is 4.09. The minimum Gasteiger partial charge on any atom is -0.486 e. The second kappa shape index (κ2) is 6.48. The van der Waals surface area contributed by atoms with Crippen molar-refractivity contribution in [2.75, 3.05) is 13.2 Å². The SMILES string of the molecule is CC(C)C(NC(=O)c1cccc2c1OCCO2)C(C)(C)C(=O)O. The topological polar surface area (TPSA) is 84.9 Å². The highest BCUT2D eigenvalue weighted by Gasteiger charge is 2.40. The number of fused-ring (bicyclic) bond motifs is 1. The van der Waals surface area contributed by atoms with Gasteiger partial charge in [0.25, 0.3) is 5.91 Å². The Labute approximate surface area is 135 Å². The molecule has 0 aromatic heterocycles. The molecule has 0 bridgehead atoms. The van der Waals surface area contributed by atoms with Crippen LogP contribution in [-0.2, 0) is 4.79 Å². The summed E-state index contributed by atoms with van der Waals surface area (Å²) in [5, 5.41) is 12.3. The molecule has 1 unspecified atom stereocenters. The van der Waals surface area contributed by atoms with Crippen LogP contribution >= 0.6 is 0 Å². The predicted molar refractivity (Wildman–Crippen MR) is 84.9 cm³/mol. The second-order valence-electron chi connectivity index (χ2n) is 6.55. The number of hydrogen-bond donors (Lipinski definition) is 2. The number of aliphatic carboxylic acids is 1. The van der Waals surface area contributed by atoms with Gasteiger partial charge in [0.2, 0.25) is 0 Å². The predicted octanol–water partition coefficient (Wildman–Crippen LogP) is 2.32. The first-order valence-electron chi connectivity index (χ1n) is 7.68. The number of carboxylic acids is 1. The van der Waals surface area contributed by atoms with Gasteiger partial charge >= 0.3 is 5.97 Å². The van der Waals surface area contributed by atoms with E-state index in [1.165, 1.54) is 0 Å². The van der Waals surface area contributed by atoms with Crippen molar-refractivity contribution < 1.29 is 24.2 Å². The number of carbonyl (C=O) groups is 2. The van der Waals surface area contributed by atoms with Gasteiger partial charge in [-0.05, 0) is 31.9 Å². The standard InChI is InChI=1S/C17H23NO5/c1-10(2)14(17(3,4)16(20)21)18-15(19)11-6-5-7-12-13(11)23-9-8-22-12/h5-7,10,14H,8-9H2,1-4H3,(H,18,19)(H,20,21). The van der Waals surface area contributed by atoms with Crippen LogP contribution in [0.2, 0.25) is 0 Å². The monoisotopic (exact) mass is 321 g/mol. The zero-order valence-corrected chi connectivity index (χ0v) is 13.9. The number of benzene rings is 1. The molecule has 1 heterocycles. The molecule has 1 aliphatic rings. The average molecular weight is 321 g/mol.